The van der Waals surface area contributed by atoms with Crippen molar-refractivity contribution in [2.75, 3.05) is 12.8 Å². The van der Waals surface area contributed by atoms with E-state index in [9.17, 15) is 4.79 Å². The Labute approximate surface area is 176 Å². The molecule has 6 heteroatoms. The molecule has 3 aromatic rings. The summed E-state index contributed by atoms with van der Waals surface area (Å²) in [6, 6.07) is 14.5. The number of amides is 1. The average molecular weight is 407 g/mol. The average Bonchev–Trinajstić information content (AvgIpc) is 3.21. The number of aryl methyl sites for hydroxylation is 2. The summed E-state index contributed by atoms with van der Waals surface area (Å²) in [4.78, 5) is 24.4. The number of fused-ring (bicyclic) bond motifs is 1. The SMILES string of the molecule is CSc1nc(C)c(CCC(=O)N2CCn3cccc3C2c2ccccc2)c(C)n1. The van der Waals surface area contributed by atoms with Crippen LogP contribution in [0.25, 0.3) is 0 Å². The highest BCUT2D eigenvalue weighted by atomic mass is 32.2. The van der Waals surface area contributed by atoms with Gasteiger partial charge in [0.1, 0.15) is 0 Å². The summed E-state index contributed by atoms with van der Waals surface area (Å²) in [5, 5.41) is 0.788. The van der Waals surface area contributed by atoms with Crippen LogP contribution in [0.5, 0.6) is 0 Å². The van der Waals surface area contributed by atoms with Gasteiger partial charge in [0.15, 0.2) is 5.16 Å². The maximum absolute atomic E-state index is 13.3. The van der Waals surface area contributed by atoms with Crippen LogP contribution < -0.4 is 0 Å². The van der Waals surface area contributed by atoms with Crippen molar-refractivity contribution in [1.82, 2.24) is 19.4 Å². The number of thioether (sulfide) groups is 1. The molecule has 1 aromatic carbocycles. The van der Waals surface area contributed by atoms with Gasteiger partial charge in [0.2, 0.25) is 5.91 Å². The van der Waals surface area contributed by atoms with Crippen molar-refractivity contribution < 1.29 is 4.79 Å². The van der Waals surface area contributed by atoms with Crippen LogP contribution >= 0.6 is 11.8 Å². The number of nitrogens with zero attached hydrogens (tertiary/aromatic N) is 4. The molecule has 1 amide bonds. The lowest BCUT2D eigenvalue weighted by atomic mass is 9.98. The third kappa shape index (κ3) is 3.94. The van der Waals surface area contributed by atoms with Crippen LogP contribution in [0.2, 0.25) is 0 Å². The fourth-order valence-electron chi connectivity index (χ4n) is 4.18. The van der Waals surface area contributed by atoms with Crippen molar-refractivity contribution in [1.29, 1.82) is 0 Å². The van der Waals surface area contributed by atoms with Crippen molar-refractivity contribution in [3.63, 3.8) is 0 Å². The van der Waals surface area contributed by atoms with Gasteiger partial charge in [-0.2, -0.15) is 0 Å². The Morgan fingerprint density at radius 2 is 1.79 bits per heavy atom. The van der Waals surface area contributed by atoms with Gasteiger partial charge in [-0.05, 0) is 49.8 Å². The number of hydrogen-bond acceptors (Lipinski definition) is 4. The number of aromatic nitrogens is 3. The highest BCUT2D eigenvalue weighted by Crippen LogP contribution is 2.33. The lowest BCUT2D eigenvalue weighted by molar-refractivity contribution is -0.133. The monoisotopic (exact) mass is 406 g/mol. The molecule has 1 aliphatic heterocycles. The van der Waals surface area contributed by atoms with E-state index in [1.807, 2.05) is 43.2 Å². The summed E-state index contributed by atoms with van der Waals surface area (Å²) in [6.45, 7) is 5.57. The summed E-state index contributed by atoms with van der Waals surface area (Å²) in [5.74, 6) is 0.180. The number of carbonyl (C=O) groups excluding carboxylic acids is 1. The van der Waals surface area contributed by atoms with E-state index in [-0.39, 0.29) is 11.9 Å². The first kappa shape index (κ1) is 19.7. The molecule has 2 aromatic heterocycles. The molecular formula is C23H26N4OS. The van der Waals surface area contributed by atoms with E-state index in [4.69, 9.17) is 0 Å². The van der Waals surface area contributed by atoms with Crippen LogP contribution in [-0.4, -0.2) is 38.1 Å². The third-order valence-electron chi connectivity index (χ3n) is 5.65. The first-order valence-corrected chi connectivity index (χ1v) is 11.2. The van der Waals surface area contributed by atoms with Crippen LogP contribution in [0.4, 0.5) is 0 Å². The second-order valence-electron chi connectivity index (χ2n) is 7.39. The smallest absolute Gasteiger partial charge is 0.223 e. The Bertz CT molecular complexity index is 992. The highest BCUT2D eigenvalue weighted by Gasteiger charge is 2.31. The molecule has 1 aliphatic rings. The molecule has 0 bridgehead atoms. The summed E-state index contributed by atoms with van der Waals surface area (Å²) < 4.78 is 2.25. The van der Waals surface area contributed by atoms with Crippen molar-refractivity contribution in [3.05, 3.63) is 76.9 Å². The second-order valence-corrected chi connectivity index (χ2v) is 8.16. The molecule has 4 rings (SSSR count). The minimum Gasteiger partial charge on any atom is -0.348 e. The second kappa shape index (κ2) is 8.41. The van der Waals surface area contributed by atoms with Gasteiger partial charge in [0.05, 0.1) is 6.04 Å². The molecule has 0 fully saturated rings. The zero-order valence-corrected chi connectivity index (χ0v) is 17.9. The van der Waals surface area contributed by atoms with Crippen molar-refractivity contribution in [2.45, 2.75) is 44.4 Å². The van der Waals surface area contributed by atoms with Crippen LogP contribution in [0, 0.1) is 13.8 Å². The molecule has 3 heterocycles. The van der Waals surface area contributed by atoms with Gasteiger partial charge in [0.25, 0.3) is 0 Å². The van der Waals surface area contributed by atoms with Gasteiger partial charge < -0.3 is 9.47 Å². The molecular weight excluding hydrogens is 380 g/mol. The van der Waals surface area contributed by atoms with E-state index < -0.39 is 0 Å². The van der Waals surface area contributed by atoms with Gasteiger partial charge >= 0.3 is 0 Å². The van der Waals surface area contributed by atoms with E-state index >= 15 is 0 Å². The first-order chi connectivity index (χ1) is 14.1. The normalized spacial score (nSPS) is 16.0. The van der Waals surface area contributed by atoms with Crippen LogP contribution in [0.3, 0.4) is 0 Å². The highest BCUT2D eigenvalue weighted by molar-refractivity contribution is 7.98. The molecule has 0 spiro atoms. The van der Waals surface area contributed by atoms with E-state index in [0.29, 0.717) is 12.8 Å². The number of benzene rings is 1. The standard InChI is InChI=1S/C23H26N4OS/c1-16-19(17(2)25-23(24-16)29-3)11-12-21(28)27-15-14-26-13-7-10-20(26)22(27)18-8-5-4-6-9-18/h4-10,13,22H,11-12,14-15H2,1-3H3. The van der Waals surface area contributed by atoms with E-state index in [1.54, 1.807) is 11.8 Å². The topological polar surface area (TPSA) is 51.0 Å². The van der Waals surface area contributed by atoms with Crippen molar-refractivity contribution in [2.24, 2.45) is 0 Å². The number of hydrogen-bond donors (Lipinski definition) is 0. The van der Waals surface area contributed by atoms with Crippen molar-refractivity contribution in [3.8, 4) is 0 Å². The summed E-state index contributed by atoms with van der Waals surface area (Å²) in [6.07, 6.45) is 5.22. The predicted molar refractivity (Wildman–Crippen MR) is 116 cm³/mol. The molecule has 150 valence electrons. The Morgan fingerprint density at radius 1 is 1.07 bits per heavy atom. The van der Waals surface area contributed by atoms with Crippen LogP contribution in [-0.2, 0) is 17.8 Å². The van der Waals surface area contributed by atoms with Gasteiger partial charge in [-0.25, -0.2) is 9.97 Å². The quantitative estimate of drug-likeness (QED) is 0.471. The van der Waals surface area contributed by atoms with E-state index in [0.717, 1.165) is 40.8 Å². The molecule has 29 heavy (non-hydrogen) atoms. The summed E-state index contributed by atoms with van der Waals surface area (Å²) in [7, 11) is 0. The molecule has 1 unspecified atom stereocenters. The lowest BCUT2D eigenvalue weighted by Gasteiger charge is -2.37. The summed E-state index contributed by atoms with van der Waals surface area (Å²) >= 11 is 1.55. The Morgan fingerprint density at radius 3 is 2.48 bits per heavy atom. The zero-order chi connectivity index (χ0) is 20.4. The lowest BCUT2D eigenvalue weighted by Crippen LogP contribution is -2.42. The molecule has 0 N–H and O–H groups in total. The Hall–Kier alpha value is -2.60. The van der Waals surface area contributed by atoms with Crippen molar-refractivity contribution >= 4 is 17.7 Å². The minimum absolute atomic E-state index is 0.0373. The van der Waals surface area contributed by atoms with E-state index in [1.165, 1.54) is 5.69 Å². The van der Waals surface area contributed by atoms with Gasteiger partial charge in [-0.15, -0.1) is 0 Å². The Kier molecular flexibility index (Phi) is 5.72. The molecule has 0 saturated carbocycles. The molecule has 0 aliphatic carbocycles. The number of rotatable bonds is 5. The zero-order valence-electron chi connectivity index (χ0n) is 17.1. The predicted octanol–water partition coefficient (Wildman–Crippen LogP) is 4.18. The number of carbonyl (C=O) groups is 1. The molecule has 1 atom stereocenters. The minimum atomic E-state index is -0.0373. The molecule has 0 saturated heterocycles. The van der Waals surface area contributed by atoms with Gasteiger partial charge in [-0.1, -0.05) is 42.1 Å². The first-order valence-electron chi connectivity index (χ1n) is 9.96. The fourth-order valence-corrected chi connectivity index (χ4v) is 4.63. The fraction of sp³-hybridized carbons (Fsp3) is 0.348. The molecule has 5 nitrogen and oxygen atoms in total. The largest absolute Gasteiger partial charge is 0.348 e. The van der Waals surface area contributed by atoms with Gasteiger partial charge in [-0.3, -0.25) is 4.79 Å². The van der Waals surface area contributed by atoms with Crippen LogP contribution in [0.1, 0.15) is 40.7 Å². The van der Waals surface area contributed by atoms with Gasteiger partial charge in [0, 0.05) is 42.8 Å². The maximum atomic E-state index is 13.3. The maximum Gasteiger partial charge on any atom is 0.223 e. The van der Waals surface area contributed by atoms with E-state index in [2.05, 4.69) is 45.0 Å². The molecule has 0 radical (unpaired) electrons. The van der Waals surface area contributed by atoms with Crippen LogP contribution in [0.15, 0.2) is 53.8 Å². The third-order valence-corrected chi connectivity index (χ3v) is 6.19. The summed E-state index contributed by atoms with van der Waals surface area (Å²) in [5.41, 5.74) is 5.37. The Balaban J connectivity index is 1.57.